The maximum atomic E-state index is 13.0. The van der Waals surface area contributed by atoms with E-state index in [1.165, 1.54) is 0 Å². The zero-order chi connectivity index (χ0) is 23.2. The predicted octanol–water partition coefficient (Wildman–Crippen LogP) is 3.51. The van der Waals surface area contributed by atoms with Gasteiger partial charge in [-0.05, 0) is 68.9 Å². The van der Waals surface area contributed by atoms with Gasteiger partial charge in [-0.15, -0.1) is 0 Å². The summed E-state index contributed by atoms with van der Waals surface area (Å²) < 4.78 is 29.3. The van der Waals surface area contributed by atoms with Gasteiger partial charge in [0.2, 0.25) is 10.0 Å². The van der Waals surface area contributed by atoms with Crippen molar-refractivity contribution in [1.82, 2.24) is 19.1 Å². The number of hydrogen-bond acceptors (Lipinski definition) is 6. The minimum absolute atomic E-state index is 0.00248. The van der Waals surface area contributed by atoms with Gasteiger partial charge in [-0.1, -0.05) is 0 Å². The second-order valence-electron chi connectivity index (χ2n) is 8.88. The van der Waals surface area contributed by atoms with Gasteiger partial charge in [-0.25, -0.2) is 8.42 Å². The monoisotopic (exact) mass is 466 g/mol. The van der Waals surface area contributed by atoms with E-state index in [0.717, 1.165) is 25.7 Å². The molecule has 2 atom stereocenters. The zero-order valence-corrected chi connectivity index (χ0v) is 19.2. The highest BCUT2D eigenvalue weighted by atomic mass is 32.2. The number of fused-ring (bicyclic) bond motifs is 1. The Kier molecular flexibility index (Phi) is 5.46. The fourth-order valence-electron chi connectivity index (χ4n) is 4.71. The largest absolute Gasteiger partial charge is 0.338 e. The van der Waals surface area contributed by atoms with Gasteiger partial charge in [0.1, 0.15) is 5.39 Å². The third kappa shape index (κ3) is 3.92. The number of nitriles is 1. The molecular weight excluding hydrogens is 440 g/mol. The number of nitrogens with zero attached hydrogens (tertiary/aromatic N) is 4. The van der Waals surface area contributed by atoms with Crippen molar-refractivity contribution in [2.75, 3.05) is 11.9 Å². The zero-order valence-electron chi connectivity index (χ0n) is 18.4. The van der Waals surface area contributed by atoms with Crippen LogP contribution in [0.15, 0.2) is 46.2 Å². The van der Waals surface area contributed by atoms with E-state index in [1.54, 1.807) is 45.5 Å². The summed E-state index contributed by atoms with van der Waals surface area (Å²) in [5.74, 6) is 0.775. The van der Waals surface area contributed by atoms with E-state index in [2.05, 4.69) is 21.5 Å². The molecule has 2 aliphatic rings. The molecule has 5 rings (SSSR count). The Morgan fingerprint density at radius 3 is 2.64 bits per heavy atom. The maximum Gasteiger partial charge on any atom is 0.261 e. The summed E-state index contributed by atoms with van der Waals surface area (Å²) in [5.41, 5.74) is 1.03. The normalized spacial score (nSPS) is 20.1. The molecule has 1 aromatic carbocycles. The molecule has 1 aliphatic heterocycles. The van der Waals surface area contributed by atoms with Crippen LogP contribution >= 0.6 is 0 Å². The third-order valence-electron chi connectivity index (χ3n) is 6.63. The third-order valence-corrected chi connectivity index (χ3v) is 8.65. The van der Waals surface area contributed by atoms with E-state index in [4.69, 9.17) is 0 Å². The number of benzene rings is 1. The van der Waals surface area contributed by atoms with Gasteiger partial charge in [-0.3, -0.25) is 9.48 Å². The number of anilines is 2. The first kappa shape index (κ1) is 21.7. The van der Waals surface area contributed by atoms with Crippen LogP contribution in [0.5, 0.6) is 0 Å². The number of rotatable bonds is 7. The number of aromatic nitrogens is 3. The predicted molar refractivity (Wildman–Crippen MR) is 125 cm³/mol. The Hall–Kier alpha value is -3.16. The molecule has 10 heteroatoms. The number of hydrogen-bond donors (Lipinski definition) is 2. The Morgan fingerprint density at radius 1 is 1.24 bits per heavy atom. The first-order valence-electron chi connectivity index (χ1n) is 11.3. The van der Waals surface area contributed by atoms with Gasteiger partial charge in [0.15, 0.2) is 5.82 Å². The van der Waals surface area contributed by atoms with E-state index >= 15 is 0 Å². The molecule has 1 unspecified atom stereocenters. The molecule has 3 heterocycles. The van der Waals surface area contributed by atoms with Gasteiger partial charge in [-0.2, -0.15) is 14.7 Å². The van der Waals surface area contributed by atoms with E-state index in [1.807, 2.05) is 6.92 Å². The van der Waals surface area contributed by atoms with Crippen LogP contribution in [0.3, 0.4) is 0 Å². The van der Waals surface area contributed by atoms with E-state index in [9.17, 15) is 18.5 Å². The molecule has 0 spiro atoms. The lowest BCUT2D eigenvalue weighted by Gasteiger charge is -2.21. The second-order valence-corrected chi connectivity index (χ2v) is 10.8. The van der Waals surface area contributed by atoms with Crippen LogP contribution in [-0.4, -0.2) is 40.1 Å². The van der Waals surface area contributed by atoms with Crippen molar-refractivity contribution in [1.29, 1.82) is 5.26 Å². The molecule has 1 aliphatic carbocycles. The van der Waals surface area contributed by atoms with E-state index in [-0.39, 0.29) is 22.5 Å². The molecule has 2 fully saturated rings. The fraction of sp³-hybridized carbons (Fsp3) is 0.435. The molecule has 0 bridgehead atoms. The molecule has 33 heavy (non-hydrogen) atoms. The molecule has 172 valence electrons. The lowest BCUT2D eigenvalue weighted by atomic mass is 10.1. The smallest absolute Gasteiger partial charge is 0.261 e. The minimum Gasteiger partial charge on any atom is -0.338 e. The van der Waals surface area contributed by atoms with Gasteiger partial charge >= 0.3 is 0 Å². The van der Waals surface area contributed by atoms with Crippen LogP contribution in [0.2, 0.25) is 0 Å². The Morgan fingerprint density at radius 2 is 2.00 bits per heavy atom. The summed E-state index contributed by atoms with van der Waals surface area (Å²) in [7, 11) is -3.53. The van der Waals surface area contributed by atoms with Crippen molar-refractivity contribution in [3.63, 3.8) is 0 Å². The topological polar surface area (TPSA) is 124 Å². The van der Waals surface area contributed by atoms with Gasteiger partial charge in [0.05, 0.1) is 28.9 Å². The van der Waals surface area contributed by atoms with Crippen molar-refractivity contribution < 1.29 is 8.42 Å². The van der Waals surface area contributed by atoms with Crippen molar-refractivity contribution >= 4 is 32.4 Å². The highest BCUT2D eigenvalue weighted by Crippen LogP contribution is 2.43. The highest BCUT2D eigenvalue weighted by Gasteiger charge is 2.35. The number of pyridine rings is 1. The minimum atomic E-state index is -3.53. The van der Waals surface area contributed by atoms with Crippen LogP contribution in [-0.2, 0) is 10.0 Å². The number of aromatic amines is 1. The van der Waals surface area contributed by atoms with E-state index < -0.39 is 10.0 Å². The molecule has 2 aromatic heterocycles. The fourth-order valence-corrected chi connectivity index (χ4v) is 6.41. The summed E-state index contributed by atoms with van der Waals surface area (Å²) >= 11 is 0. The number of H-pyrrole nitrogens is 1. The Bertz CT molecular complexity index is 1380. The summed E-state index contributed by atoms with van der Waals surface area (Å²) in [6.07, 6.45) is 5.75. The molecule has 0 radical (unpaired) electrons. The molecule has 9 nitrogen and oxygen atoms in total. The molecule has 1 saturated carbocycles. The Balaban J connectivity index is 1.47. The van der Waals surface area contributed by atoms with Crippen molar-refractivity contribution in [2.24, 2.45) is 5.92 Å². The summed E-state index contributed by atoms with van der Waals surface area (Å²) in [6.45, 7) is 2.47. The van der Waals surface area contributed by atoms with Crippen molar-refractivity contribution in [3.8, 4) is 6.07 Å². The first-order valence-corrected chi connectivity index (χ1v) is 12.7. The average Bonchev–Trinajstić information content (AvgIpc) is 3.44. The first-order chi connectivity index (χ1) is 15.9. The van der Waals surface area contributed by atoms with E-state index in [0.29, 0.717) is 41.3 Å². The maximum absolute atomic E-state index is 13.0. The van der Waals surface area contributed by atoms with Crippen LogP contribution in [0.25, 0.3) is 10.9 Å². The van der Waals surface area contributed by atoms with Crippen molar-refractivity contribution in [2.45, 2.75) is 56.0 Å². The average molecular weight is 467 g/mol. The number of nitrogens with one attached hydrogen (secondary N) is 2. The van der Waals surface area contributed by atoms with Gasteiger partial charge in [0, 0.05) is 24.5 Å². The summed E-state index contributed by atoms with van der Waals surface area (Å²) in [5, 5.41) is 17.6. The Labute approximate surface area is 192 Å². The molecule has 2 N–H and O–H groups in total. The van der Waals surface area contributed by atoms with Gasteiger partial charge < -0.3 is 10.3 Å². The standard InChI is InChI=1S/C23H26N6O3S/c1-15-3-2-14-28(15)33(31,32)18-8-6-17(7-9-18)26-22-21-20(11-13-25-23(21)30)29(27-22)19(10-12-24)16-4-5-16/h6-9,11,13,15-16,19H,2-5,10,14H2,1H3,(H,25,30)(H,26,27)/t15?,19-/m0/s1. The van der Waals surface area contributed by atoms with Crippen LogP contribution in [0.4, 0.5) is 11.5 Å². The number of sulfonamides is 1. The van der Waals surface area contributed by atoms with Crippen LogP contribution in [0.1, 0.15) is 45.1 Å². The molecular formula is C23H26N6O3S. The SMILES string of the molecule is CC1CCCN1S(=O)(=O)c1ccc(Nc2nn([C@@H](CC#N)C3CC3)c3cc[nH]c(=O)c23)cc1. The molecule has 1 saturated heterocycles. The van der Waals surface area contributed by atoms with Crippen LogP contribution in [0, 0.1) is 17.2 Å². The highest BCUT2D eigenvalue weighted by molar-refractivity contribution is 7.89. The summed E-state index contributed by atoms with van der Waals surface area (Å²) in [6, 6.07) is 10.5. The molecule has 0 amide bonds. The second kappa shape index (κ2) is 8.32. The van der Waals surface area contributed by atoms with Crippen LogP contribution < -0.4 is 10.9 Å². The lowest BCUT2D eigenvalue weighted by molar-refractivity contribution is 0.408. The lowest BCUT2D eigenvalue weighted by Crippen LogP contribution is -2.33. The van der Waals surface area contributed by atoms with Gasteiger partial charge in [0.25, 0.3) is 5.56 Å². The summed E-state index contributed by atoms with van der Waals surface area (Å²) in [4.78, 5) is 15.6. The van der Waals surface area contributed by atoms with Crippen molar-refractivity contribution in [3.05, 3.63) is 46.9 Å². The molecule has 3 aromatic rings. The quantitative estimate of drug-likeness (QED) is 0.549.